The molecule has 3 nitrogen and oxygen atoms in total. The average Bonchev–Trinajstić information content (AvgIpc) is 3.07. The molecule has 1 aromatic rings. The number of nitriles is 1. The smallest absolute Gasteiger partial charge is 0.264 e. The van der Waals surface area contributed by atoms with Crippen molar-refractivity contribution in [2.75, 3.05) is 6.54 Å². The summed E-state index contributed by atoms with van der Waals surface area (Å²) < 4.78 is 0. The van der Waals surface area contributed by atoms with Crippen LogP contribution in [0.15, 0.2) is 6.07 Å². The highest BCUT2D eigenvalue weighted by molar-refractivity contribution is 7.14. The van der Waals surface area contributed by atoms with Gasteiger partial charge in [-0.25, -0.2) is 0 Å². The van der Waals surface area contributed by atoms with Crippen molar-refractivity contribution >= 4 is 17.2 Å². The number of hydrogen-bond acceptors (Lipinski definition) is 3. The molecule has 0 aliphatic heterocycles. The van der Waals surface area contributed by atoms with Crippen LogP contribution < -0.4 is 0 Å². The fraction of sp³-hybridized carbons (Fsp3) is 0.538. The van der Waals surface area contributed by atoms with Crippen LogP contribution in [0, 0.1) is 25.2 Å². The Labute approximate surface area is 106 Å². The minimum atomic E-state index is 0.101. The van der Waals surface area contributed by atoms with E-state index in [9.17, 15) is 4.79 Å². The number of aryl methyl sites for hydroxylation is 2. The van der Waals surface area contributed by atoms with E-state index in [4.69, 9.17) is 5.26 Å². The third kappa shape index (κ3) is 2.67. The summed E-state index contributed by atoms with van der Waals surface area (Å²) in [5, 5.41) is 8.63. The Morgan fingerprint density at radius 3 is 2.76 bits per heavy atom. The topological polar surface area (TPSA) is 44.1 Å². The van der Waals surface area contributed by atoms with E-state index in [0.29, 0.717) is 19.0 Å². The van der Waals surface area contributed by atoms with E-state index in [-0.39, 0.29) is 5.91 Å². The molecule has 1 fully saturated rings. The summed E-state index contributed by atoms with van der Waals surface area (Å²) in [7, 11) is 0. The summed E-state index contributed by atoms with van der Waals surface area (Å²) >= 11 is 1.56. The summed E-state index contributed by atoms with van der Waals surface area (Å²) in [6.45, 7) is 4.63. The van der Waals surface area contributed by atoms with Crippen molar-refractivity contribution in [3.8, 4) is 6.07 Å². The van der Waals surface area contributed by atoms with Crippen LogP contribution in [-0.4, -0.2) is 23.4 Å². The quantitative estimate of drug-likeness (QED) is 0.822. The molecule has 90 valence electrons. The van der Waals surface area contributed by atoms with Gasteiger partial charge >= 0.3 is 0 Å². The minimum Gasteiger partial charge on any atom is -0.334 e. The van der Waals surface area contributed by atoms with Gasteiger partial charge in [-0.15, -0.1) is 11.3 Å². The number of nitrogens with zero attached hydrogens (tertiary/aromatic N) is 2. The van der Waals surface area contributed by atoms with Gasteiger partial charge in [-0.2, -0.15) is 5.26 Å². The lowest BCUT2D eigenvalue weighted by Gasteiger charge is -2.20. The van der Waals surface area contributed by atoms with E-state index >= 15 is 0 Å². The van der Waals surface area contributed by atoms with Gasteiger partial charge in [0, 0.05) is 17.5 Å². The normalized spacial score (nSPS) is 14.4. The van der Waals surface area contributed by atoms with E-state index in [1.165, 1.54) is 10.4 Å². The third-order valence-electron chi connectivity index (χ3n) is 3.09. The van der Waals surface area contributed by atoms with Crippen molar-refractivity contribution in [1.82, 2.24) is 4.90 Å². The maximum Gasteiger partial charge on any atom is 0.264 e. The summed E-state index contributed by atoms with van der Waals surface area (Å²) in [6.07, 6.45) is 2.59. The van der Waals surface area contributed by atoms with Crippen LogP contribution in [0.5, 0.6) is 0 Å². The number of thiophene rings is 1. The van der Waals surface area contributed by atoms with Gasteiger partial charge in [-0.1, -0.05) is 0 Å². The van der Waals surface area contributed by atoms with Gasteiger partial charge < -0.3 is 4.90 Å². The largest absolute Gasteiger partial charge is 0.334 e. The number of carbonyl (C=O) groups excluding carboxylic acids is 1. The standard InChI is InChI=1S/C13H16N2OS/c1-9-8-12(17-10(9)2)13(16)15(7-3-6-14)11-4-5-11/h8,11H,3-5,7H2,1-2H3. The Balaban J connectivity index is 2.13. The fourth-order valence-electron chi connectivity index (χ4n) is 1.83. The zero-order valence-corrected chi connectivity index (χ0v) is 11.0. The molecule has 17 heavy (non-hydrogen) atoms. The minimum absolute atomic E-state index is 0.101. The number of amides is 1. The van der Waals surface area contributed by atoms with Crippen molar-refractivity contribution in [3.63, 3.8) is 0 Å². The van der Waals surface area contributed by atoms with Gasteiger partial charge in [0.2, 0.25) is 0 Å². The van der Waals surface area contributed by atoms with Crippen LogP contribution in [0.4, 0.5) is 0 Å². The first-order valence-corrected chi connectivity index (χ1v) is 6.70. The van der Waals surface area contributed by atoms with Gasteiger partial charge in [0.25, 0.3) is 5.91 Å². The molecular weight excluding hydrogens is 232 g/mol. The zero-order chi connectivity index (χ0) is 12.4. The van der Waals surface area contributed by atoms with E-state index in [2.05, 4.69) is 6.07 Å². The molecule has 0 spiro atoms. The van der Waals surface area contributed by atoms with Crippen molar-refractivity contribution in [3.05, 3.63) is 21.4 Å². The molecule has 1 heterocycles. The predicted molar refractivity (Wildman–Crippen MR) is 68.1 cm³/mol. The first kappa shape index (κ1) is 12.1. The summed E-state index contributed by atoms with van der Waals surface area (Å²) in [5.74, 6) is 0.101. The molecule has 1 aliphatic carbocycles. The lowest BCUT2D eigenvalue weighted by atomic mass is 10.2. The summed E-state index contributed by atoms with van der Waals surface area (Å²) in [4.78, 5) is 16.2. The van der Waals surface area contributed by atoms with E-state index < -0.39 is 0 Å². The molecule has 0 unspecified atom stereocenters. The number of carbonyl (C=O) groups is 1. The molecule has 0 atom stereocenters. The Morgan fingerprint density at radius 1 is 1.59 bits per heavy atom. The van der Waals surface area contributed by atoms with Gasteiger partial charge in [0.15, 0.2) is 0 Å². The molecule has 0 aromatic carbocycles. The highest BCUT2D eigenvalue weighted by Gasteiger charge is 2.33. The fourth-order valence-corrected chi connectivity index (χ4v) is 2.82. The Bertz CT molecular complexity index is 449. The highest BCUT2D eigenvalue weighted by atomic mass is 32.1. The first-order chi connectivity index (χ1) is 8.13. The number of hydrogen-bond donors (Lipinski definition) is 0. The van der Waals surface area contributed by atoms with E-state index in [1.807, 2.05) is 24.8 Å². The molecule has 1 saturated carbocycles. The first-order valence-electron chi connectivity index (χ1n) is 5.88. The molecule has 0 bridgehead atoms. The average molecular weight is 248 g/mol. The lowest BCUT2D eigenvalue weighted by Crippen LogP contribution is -2.33. The van der Waals surface area contributed by atoms with Crippen LogP contribution in [0.3, 0.4) is 0 Å². The molecular formula is C13H16N2OS. The second-order valence-corrected chi connectivity index (χ2v) is 5.74. The third-order valence-corrected chi connectivity index (χ3v) is 4.23. The SMILES string of the molecule is Cc1cc(C(=O)N(CCC#N)C2CC2)sc1C. The van der Waals surface area contributed by atoms with Crippen LogP contribution in [0.25, 0.3) is 0 Å². The second-order valence-electron chi connectivity index (χ2n) is 4.49. The Hall–Kier alpha value is -1.34. The van der Waals surface area contributed by atoms with Crippen molar-refractivity contribution < 1.29 is 4.79 Å². The van der Waals surface area contributed by atoms with Crippen LogP contribution in [-0.2, 0) is 0 Å². The molecule has 0 saturated heterocycles. The van der Waals surface area contributed by atoms with Gasteiger partial charge in [-0.3, -0.25) is 4.79 Å². The van der Waals surface area contributed by atoms with Crippen LogP contribution >= 0.6 is 11.3 Å². The summed E-state index contributed by atoms with van der Waals surface area (Å²) in [5.41, 5.74) is 1.18. The lowest BCUT2D eigenvalue weighted by molar-refractivity contribution is 0.0751. The van der Waals surface area contributed by atoms with Crippen molar-refractivity contribution in [2.45, 2.75) is 39.2 Å². The van der Waals surface area contributed by atoms with Gasteiger partial charge in [-0.05, 0) is 38.3 Å². The molecule has 0 N–H and O–H groups in total. The molecule has 1 aromatic heterocycles. The molecule has 0 radical (unpaired) electrons. The predicted octanol–water partition coefficient (Wildman–Crippen LogP) is 2.88. The molecule has 2 rings (SSSR count). The summed E-state index contributed by atoms with van der Waals surface area (Å²) in [6, 6.07) is 4.45. The van der Waals surface area contributed by atoms with Crippen LogP contribution in [0.2, 0.25) is 0 Å². The van der Waals surface area contributed by atoms with Gasteiger partial charge in [0.1, 0.15) is 0 Å². The van der Waals surface area contributed by atoms with Gasteiger partial charge in [0.05, 0.1) is 17.4 Å². The Morgan fingerprint density at radius 2 is 2.29 bits per heavy atom. The maximum atomic E-state index is 12.3. The second kappa shape index (κ2) is 4.89. The Kier molecular flexibility index (Phi) is 3.49. The van der Waals surface area contributed by atoms with E-state index in [0.717, 1.165) is 17.7 Å². The molecule has 1 aliphatic rings. The maximum absolute atomic E-state index is 12.3. The zero-order valence-electron chi connectivity index (χ0n) is 10.2. The van der Waals surface area contributed by atoms with Crippen molar-refractivity contribution in [1.29, 1.82) is 5.26 Å². The van der Waals surface area contributed by atoms with E-state index in [1.54, 1.807) is 11.3 Å². The highest BCUT2D eigenvalue weighted by Crippen LogP contribution is 2.30. The number of rotatable bonds is 4. The van der Waals surface area contributed by atoms with Crippen LogP contribution in [0.1, 0.15) is 39.4 Å². The monoisotopic (exact) mass is 248 g/mol. The molecule has 1 amide bonds. The molecule has 4 heteroatoms. The van der Waals surface area contributed by atoms with Crippen molar-refractivity contribution in [2.24, 2.45) is 0 Å².